The van der Waals surface area contributed by atoms with Gasteiger partial charge in [0.05, 0.1) is 17.1 Å². The van der Waals surface area contributed by atoms with Gasteiger partial charge in [-0.25, -0.2) is 4.21 Å². The van der Waals surface area contributed by atoms with Crippen molar-refractivity contribution in [1.29, 1.82) is 0 Å². The van der Waals surface area contributed by atoms with Gasteiger partial charge in [0.1, 0.15) is 5.75 Å². The lowest BCUT2D eigenvalue weighted by molar-refractivity contribution is 0.0933. The predicted octanol–water partition coefficient (Wildman–Crippen LogP) is 1.23. The van der Waals surface area contributed by atoms with Crippen molar-refractivity contribution in [3.8, 4) is 5.75 Å². The molecule has 1 heterocycles. The number of ether oxygens (including phenoxy) is 1. The topological polar surface area (TPSA) is 63.6 Å². The Bertz CT molecular complexity index is 413. The second-order valence-corrected chi connectivity index (χ2v) is 3.90. The van der Waals surface area contributed by atoms with Crippen LogP contribution in [0.5, 0.6) is 5.75 Å². The average Bonchev–Trinajstić information content (AvgIpc) is 2.18. The van der Waals surface area contributed by atoms with Crippen LogP contribution in [0.4, 0.5) is 0 Å². The summed E-state index contributed by atoms with van der Waals surface area (Å²) in [5.74, 6) is 0.453. The van der Waals surface area contributed by atoms with Crippen LogP contribution in [0.1, 0.15) is 16.8 Å². The number of fused-ring (bicyclic) bond motifs is 1. The fraction of sp³-hybridized carbons (Fsp3) is 0.222. The van der Waals surface area contributed by atoms with E-state index in [9.17, 15) is 9.00 Å². The Kier molecular flexibility index (Phi) is 2.35. The summed E-state index contributed by atoms with van der Waals surface area (Å²) >= 11 is -2.05. The van der Waals surface area contributed by atoms with E-state index in [0.717, 1.165) is 0 Å². The molecule has 0 spiro atoms. The van der Waals surface area contributed by atoms with Gasteiger partial charge in [-0.2, -0.15) is 0 Å². The van der Waals surface area contributed by atoms with Crippen molar-refractivity contribution in [2.45, 2.75) is 11.3 Å². The van der Waals surface area contributed by atoms with Crippen molar-refractivity contribution in [2.75, 3.05) is 6.61 Å². The molecule has 2 rings (SSSR count). The summed E-state index contributed by atoms with van der Waals surface area (Å²) in [6.45, 7) is 0.382. The zero-order valence-electron chi connectivity index (χ0n) is 7.23. The molecule has 1 aliphatic rings. The van der Waals surface area contributed by atoms with Gasteiger partial charge in [-0.1, -0.05) is 0 Å². The van der Waals surface area contributed by atoms with E-state index in [2.05, 4.69) is 0 Å². The molecule has 0 aromatic heterocycles. The molecule has 0 amide bonds. The van der Waals surface area contributed by atoms with Crippen molar-refractivity contribution in [3.05, 3.63) is 23.8 Å². The molecule has 1 aromatic carbocycles. The van der Waals surface area contributed by atoms with Gasteiger partial charge in [0.25, 0.3) is 0 Å². The van der Waals surface area contributed by atoms with Crippen molar-refractivity contribution < 1.29 is 18.3 Å². The Balaban J connectivity index is 2.51. The first-order valence-corrected chi connectivity index (χ1v) is 5.20. The summed E-state index contributed by atoms with van der Waals surface area (Å²) in [7, 11) is 0. The molecule has 0 saturated carbocycles. The van der Waals surface area contributed by atoms with Crippen molar-refractivity contribution in [2.24, 2.45) is 0 Å². The molecule has 1 aliphatic heterocycles. The van der Waals surface area contributed by atoms with Crippen LogP contribution < -0.4 is 4.74 Å². The highest BCUT2D eigenvalue weighted by atomic mass is 32.2. The van der Waals surface area contributed by atoms with Crippen LogP contribution in [0.2, 0.25) is 0 Å². The molecule has 0 aliphatic carbocycles. The van der Waals surface area contributed by atoms with Crippen LogP contribution in [0.15, 0.2) is 23.1 Å². The molecular weight excluding hydrogens is 204 g/mol. The number of hydrogen-bond acceptors (Lipinski definition) is 3. The van der Waals surface area contributed by atoms with Gasteiger partial charge in [0, 0.05) is 6.42 Å². The summed E-state index contributed by atoms with van der Waals surface area (Å²) in [6.07, 6.45) is 0.328. The van der Waals surface area contributed by atoms with Crippen LogP contribution in [0, 0.1) is 0 Å². The maximum Gasteiger partial charge on any atom is 0.186 e. The van der Waals surface area contributed by atoms with Gasteiger partial charge in [0.2, 0.25) is 0 Å². The minimum Gasteiger partial charge on any atom is -0.492 e. The van der Waals surface area contributed by atoms with Gasteiger partial charge in [-0.05, 0) is 18.2 Å². The largest absolute Gasteiger partial charge is 0.492 e. The van der Waals surface area contributed by atoms with E-state index in [-0.39, 0.29) is 10.7 Å². The van der Waals surface area contributed by atoms with E-state index < -0.39 is 11.1 Å². The quantitative estimate of drug-likeness (QED) is 0.711. The molecule has 0 radical (unpaired) electrons. The fourth-order valence-corrected chi connectivity index (χ4v) is 1.75. The number of ketones is 1. The van der Waals surface area contributed by atoms with Gasteiger partial charge in [-0.3, -0.25) is 4.79 Å². The van der Waals surface area contributed by atoms with Gasteiger partial charge >= 0.3 is 0 Å². The lowest BCUT2D eigenvalue weighted by Crippen LogP contribution is -2.15. The first-order valence-electron chi connectivity index (χ1n) is 4.09. The Labute approximate surface area is 83.2 Å². The highest BCUT2D eigenvalue weighted by Gasteiger charge is 2.19. The second-order valence-electron chi connectivity index (χ2n) is 2.93. The highest BCUT2D eigenvalue weighted by Crippen LogP contribution is 2.26. The molecule has 1 atom stereocenters. The maximum absolute atomic E-state index is 11.4. The Morgan fingerprint density at radius 1 is 1.43 bits per heavy atom. The fourth-order valence-electron chi connectivity index (χ4n) is 1.35. The second kappa shape index (κ2) is 3.51. The number of benzene rings is 1. The summed E-state index contributed by atoms with van der Waals surface area (Å²) in [4.78, 5) is 11.6. The Morgan fingerprint density at radius 2 is 2.21 bits per heavy atom. The Morgan fingerprint density at radius 3 is 2.93 bits per heavy atom. The first-order chi connectivity index (χ1) is 6.68. The van der Waals surface area contributed by atoms with Gasteiger partial charge < -0.3 is 9.29 Å². The molecule has 1 N–H and O–H groups in total. The molecule has 74 valence electrons. The minimum absolute atomic E-state index is 0.0430. The smallest absolute Gasteiger partial charge is 0.186 e. The molecular formula is C9H8O4S. The third-order valence-corrected chi connectivity index (χ3v) is 2.70. The van der Waals surface area contributed by atoms with E-state index in [4.69, 9.17) is 9.29 Å². The summed E-state index contributed by atoms with van der Waals surface area (Å²) < 4.78 is 24.8. The lowest BCUT2D eigenvalue weighted by Gasteiger charge is -2.16. The molecule has 0 fully saturated rings. The van der Waals surface area contributed by atoms with E-state index >= 15 is 0 Å². The molecule has 14 heavy (non-hydrogen) atoms. The molecule has 1 unspecified atom stereocenters. The lowest BCUT2D eigenvalue weighted by atomic mass is 10.1. The number of carbonyl (C=O) groups excluding carboxylic acids is 1. The monoisotopic (exact) mass is 212 g/mol. The van der Waals surface area contributed by atoms with Crippen molar-refractivity contribution >= 4 is 16.9 Å². The molecule has 0 bridgehead atoms. The van der Waals surface area contributed by atoms with Gasteiger partial charge in [0.15, 0.2) is 16.9 Å². The van der Waals surface area contributed by atoms with Crippen LogP contribution in [-0.2, 0) is 11.1 Å². The van der Waals surface area contributed by atoms with Crippen LogP contribution in [-0.4, -0.2) is 21.2 Å². The highest BCUT2D eigenvalue weighted by molar-refractivity contribution is 7.79. The van der Waals surface area contributed by atoms with Crippen LogP contribution >= 0.6 is 0 Å². The van der Waals surface area contributed by atoms with Crippen molar-refractivity contribution in [3.63, 3.8) is 0 Å². The zero-order valence-corrected chi connectivity index (χ0v) is 8.04. The Hall–Kier alpha value is -1.20. The van der Waals surface area contributed by atoms with Crippen molar-refractivity contribution in [1.82, 2.24) is 0 Å². The van der Waals surface area contributed by atoms with E-state index in [1.54, 1.807) is 6.07 Å². The molecule has 5 heteroatoms. The standard InChI is InChI=1S/C9H8O4S/c10-8-3-4-13-9-2-1-6(14(11)12)5-7(8)9/h1-2,5H,3-4H2,(H,11,12). The summed E-state index contributed by atoms with van der Waals surface area (Å²) in [6, 6.07) is 4.44. The number of carbonyl (C=O) groups is 1. The van der Waals surface area contributed by atoms with Crippen LogP contribution in [0.25, 0.3) is 0 Å². The molecule has 4 nitrogen and oxygen atoms in total. The number of Topliss-reactive ketones (excluding diaryl/α,β-unsaturated/α-hetero) is 1. The van der Waals surface area contributed by atoms with Crippen LogP contribution in [0.3, 0.4) is 0 Å². The molecule has 0 saturated heterocycles. The average molecular weight is 212 g/mol. The summed E-state index contributed by atoms with van der Waals surface area (Å²) in [5.41, 5.74) is 0.399. The third kappa shape index (κ3) is 1.56. The number of hydrogen-bond donors (Lipinski definition) is 1. The minimum atomic E-state index is -2.05. The molecule has 1 aromatic rings. The van der Waals surface area contributed by atoms with E-state index in [0.29, 0.717) is 24.3 Å². The zero-order chi connectivity index (χ0) is 10.1. The third-order valence-electron chi connectivity index (χ3n) is 2.04. The number of rotatable bonds is 1. The summed E-state index contributed by atoms with van der Waals surface area (Å²) in [5, 5.41) is 0. The maximum atomic E-state index is 11.4. The SMILES string of the molecule is O=C1CCOc2ccc(S(=O)O)cc21. The van der Waals surface area contributed by atoms with E-state index in [1.165, 1.54) is 12.1 Å². The predicted molar refractivity (Wildman–Crippen MR) is 49.9 cm³/mol. The first kappa shape index (κ1) is 9.36. The van der Waals surface area contributed by atoms with Gasteiger partial charge in [-0.15, -0.1) is 0 Å². The van der Waals surface area contributed by atoms with E-state index in [1.807, 2.05) is 0 Å². The normalized spacial score (nSPS) is 17.1.